The molecule has 1 amide bonds. The Kier molecular flexibility index (Phi) is 6.42. The summed E-state index contributed by atoms with van der Waals surface area (Å²) in [7, 11) is 0. The van der Waals surface area contributed by atoms with Crippen LogP contribution < -0.4 is 5.32 Å². The van der Waals surface area contributed by atoms with Crippen molar-refractivity contribution >= 4 is 6.09 Å². The van der Waals surface area contributed by atoms with Gasteiger partial charge in [-0.1, -0.05) is 58.4 Å². The predicted octanol–water partition coefficient (Wildman–Crippen LogP) is 9.48. The summed E-state index contributed by atoms with van der Waals surface area (Å²) < 4.78 is 5.83. The molecule has 5 aliphatic carbocycles. The van der Waals surface area contributed by atoms with Crippen LogP contribution in [0.3, 0.4) is 0 Å². The molecule has 0 bridgehead atoms. The fraction of sp³-hybridized carbons (Fsp3) is 0.857. The van der Waals surface area contributed by atoms with Gasteiger partial charge in [0.05, 0.1) is 0 Å². The lowest BCUT2D eigenvalue weighted by atomic mass is 9.33. The summed E-state index contributed by atoms with van der Waals surface area (Å²) in [5.41, 5.74) is 3.55. The Bertz CT molecular complexity index is 1030. The third-order valence-electron chi connectivity index (χ3n) is 13.8. The normalized spacial score (nSPS) is 47.5. The van der Waals surface area contributed by atoms with E-state index in [0.717, 1.165) is 31.1 Å². The van der Waals surface area contributed by atoms with Gasteiger partial charge in [-0.15, -0.1) is 0 Å². The van der Waals surface area contributed by atoms with Gasteiger partial charge in [0.25, 0.3) is 0 Å². The summed E-state index contributed by atoms with van der Waals surface area (Å²) in [6.07, 6.45) is 13.4. The van der Waals surface area contributed by atoms with Gasteiger partial charge >= 0.3 is 6.09 Å². The molecule has 0 heterocycles. The monoisotopic (exact) mass is 523 g/mol. The highest BCUT2D eigenvalue weighted by atomic mass is 16.6. The summed E-state index contributed by atoms with van der Waals surface area (Å²) in [6, 6.07) is 0. The van der Waals surface area contributed by atoms with Crippen LogP contribution in [-0.2, 0) is 4.74 Å². The van der Waals surface area contributed by atoms with Crippen LogP contribution in [0.5, 0.6) is 0 Å². The number of allylic oxidation sites excluding steroid dienone is 3. The Morgan fingerprint density at radius 1 is 0.947 bits per heavy atom. The van der Waals surface area contributed by atoms with Crippen molar-refractivity contribution in [2.45, 2.75) is 138 Å². The maximum Gasteiger partial charge on any atom is 0.408 e. The first-order valence-corrected chi connectivity index (χ1v) is 15.8. The third-order valence-corrected chi connectivity index (χ3v) is 13.8. The topological polar surface area (TPSA) is 38.3 Å². The summed E-state index contributed by atoms with van der Waals surface area (Å²) in [5.74, 6) is 3.09. The Hall–Kier alpha value is -1.25. The van der Waals surface area contributed by atoms with E-state index in [1.807, 2.05) is 20.8 Å². The second-order valence-corrected chi connectivity index (χ2v) is 16.8. The van der Waals surface area contributed by atoms with E-state index in [9.17, 15) is 4.79 Å². The van der Waals surface area contributed by atoms with E-state index in [4.69, 9.17) is 4.74 Å². The molecule has 0 aliphatic heterocycles. The van der Waals surface area contributed by atoms with Gasteiger partial charge < -0.3 is 10.1 Å². The van der Waals surface area contributed by atoms with Crippen molar-refractivity contribution in [3.63, 3.8) is 0 Å². The van der Waals surface area contributed by atoms with Gasteiger partial charge in [0.2, 0.25) is 0 Å². The first-order valence-electron chi connectivity index (χ1n) is 15.8. The van der Waals surface area contributed by atoms with Gasteiger partial charge in [-0.3, -0.25) is 0 Å². The molecule has 1 N–H and O–H groups in total. The number of rotatable bonds is 2. The molecule has 1 unspecified atom stereocenters. The molecule has 9 atom stereocenters. The number of carbonyl (C=O) groups is 1. The maximum absolute atomic E-state index is 13.2. The van der Waals surface area contributed by atoms with Crippen LogP contribution in [0.1, 0.15) is 127 Å². The van der Waals surface area contributed by atoms with Crippen molar-refractivity contribution < 1.29 is 9.53 Å². The molecule has 4 fully saturated rings. The maximum atomic E-state index is 13.2. The van der Waals surface area contributed by atoms with Crippen LogP contribution in [-0.4, -0.2) is 17.2 Å². The summed E-state index contributed by atoms with van der Waals surface area (Å²) >= 11 is 0. The van der Waals surface area contributed by atoms with Crippen molar-refractivity contribution in [1.29, 1.82) is 0 Å². The Balaban J connectivity index is 1.52. The molecule has 0 saturated heterocycles. The minimum absolute atomic E-state index is 0.160. The number of hydrogen-bond acceptors (Lipinski definition) is 2. The van der Waals surface area contributed by atoms with Gasteiger partial charge in [0, 0.05) is 5.54 Å². The highest BCUT2D eigenvalue weighted by Gasteiger charge is 2.70. The number of hydrogen-bond donors (Lipinski definition) is 1. The average molecular weight is 524 g/mol. The summed E-state index contributed by atoms with van der Waals surface area (Å²) in [4.78, 5) is 13.2. The minimum Gasteiger partial charge on any atom is -0.444 e. The second-order valence-electron chi connectivity index (χ2n) is 16.8. The van der Waals surface area contributed by atoms with Crippen molar-refractivity contribution in [2.24, 2.45) is 51.2 Å². The fourth-order valence-corrected chi connectivity index (χ4v) is 11.6. The van der Waals surface area contributed by atoms with Crippen LogP contribution >= 0.6 is 0 Å². The first-order chi connectivity index (χ1) is 17.4. The number of carbonyl (C=O) groups excluding carboxylic acids is 1. The highest BCUT2D eigenvalue weighted by Crippen LogP contribution is 2.76. The van der Waals surface area contributed by atoms with Crippen LogP contribution in [0.25, 0.3) is 0 Å². The molecule has 5 aliphatic rings. The molecule has 5 rings (SSSR count). The van der Waals surface area contributed by atoms with E-state index in [-0.39, 0.29) is 17.0 Å². The van der Waals surface area contributed by atoms with Crippen molar-refractivity contribution in [1.82, 2.24) is 5.32 Å². The first kappa shape index (κ1) is 28.3. The van der Waals surface area contributed by atoms with E-state index in [1.54, 1.807) is 5.57 Å². The Morgan fingerprint density at radius 2 is 1.63 bits per heavy atom. The molecule has 0 aromatic rings. The van der Waals surface area contributed by atoms with E-state index in [1.165, 1.54) is 44.1 Å². The van der Waals surface area contributed by atoms with Crippen molar-refractivity contribution in [2.75, 3.05) is 0 Å². The smallest absolute Gasteiger partial charge is 0.408 e. The lowest BCUT2D eigenvalue weighted by Gasteiger charge is -2.72. The van der Waals surface area contributed by atoms with E-state index < -0.39 is 5.60 Å². The molecule has 0 aromatic heterocycles. The van der Waals surface area contributed by atoms with Gasteiger partial charge in [0.15, 0.2) is 0 Å². The van der Waals surface area contributed by atoms with E-state index in [0.29, 0.717) is 34.0 Å². The van der Waals surface area contributed by atoms with E-state index >= 15 is 0 Å². The van der Waals surface area contributed by atoms with Crippen molar-refractivity contribution in [3.8, 4) is 0 Å². The summed E-state index contributed by atoms with van der Waals surface area (Å²) in [5, 5.41) is 3.53. The molecule has 214 valence electrons. The summed E-state index contributed by atoms with van der Waals surface area (Å²) in [6.45, 7) is 28.1. The highest BCUT2D eigenvalue weighted by molar-refractivity contribution is 5.69. The van der Waals surface area contributed by atoms with E-state index in [2.05, 4.69) is 66.4 Å². The zero-order valence-corrected chi connectivity index (χ0v) is 26.4. The van der Waals surface area contributed by atoms with Crippen molar-refractivity contribution in [3.05, 3.63) is 23.8 Å². The van der Waals surface area contributed by atoms with Crippen LogP contribution in [0.4, 0.5) is 4.79 Å². The van der Waals surface area contributed by atoms with Crippen LogP contribution in [0, 0.1) is 51.2 Å². The lowest BCUT2D eigenvalue weighted by molar-refractivity contribution is -0.220. The average Bonchev–Trinajstić information content (AvgIpc) is 3.15. The molecular formula is C35H57NO2. The Morgan fingerprint density at radius 3 is 2.26 bits per heavy atom. The largest absolute Gasteiger partial charge is 0.444 e. The van der Waals surface area contributed by atoms with Crippen LogP contribution in [0.15, 0.2) is 23.8 Å². The zero-order valence-electron chi connectivity index (χ0n) is 26.4. The quantitative estimate of drug-likeness (QED) is 0.366. The zero-order chi connectivity index (χ0) is 28.1. The number of amides is 1. The van der Waals surface area contributed by atoms with Gasteiger partial charge in [-0.2, -0.15) is 0 Å². The second kappa shape index (κ2) is 8.62. The number of alkyl carbamates (subject to hydrolysis) is 1. The van der Waals surface area contributed by atoms with Crippen LogP contribution in [0.2, 0.25) is 0 Å². The molecule has 3 heteroatoms. The minimum atomic E-state index is -0.480. The fourth-order valence-electron chi connectivity index (χ4n) is 11.6. The van der Waals surface area contributed by atoms with Gasteiger partial charge in [-0.05, 0) is 144 Å². The molecule has 0 spiro atoms. The third kappa shape index (κ3) is 3.82. The molecule has 38 heavy (non-hydrogen) atoms. The lowest BCUT2D eigenvalue weighted by Crippen LogP contribution is -2.68. The standard InChI is InChI=1S/C35H57NO2/c1-22(2)24-15-19-35(36-29(37)38-30(4,5)6)21-20-33(10)25(28(24)35)12-13-27-32(9)17-14-23(3)31(7,8)26(32)16-18-34(27,33)11/h14,24-28H,1,12-13,15-21H2,2-11H3,(H,36,37)/t24?,25-,26+,27-,28-,32+,33-,34-,35+/m1/s1. The van der Waals surface area contributed by atoms with Gasteiger partial charge in [-0.25, -0.2) is 4.79 Å². The van der Waals surface area contributed by atoms with Gasteiger partial charge in [0.1, 0.15) is 5.60 Å². The molecule has 0 radical (unpaired) electrons. The number of ether oxygens (including phenoxy) is 1. The number of fused-ring (bicyclic) bond motifs is 7. The predicted molar refractivity (Wildman–Crippen MR) is 158 cm³/mol. The molecule has 0 aromatic carbocycles. The molecule has 3 nitrogen and oxygen atoms in total. The SMILES string of the molecule is C=C(C)C1CC[C@]2(NC(=O)OC(C)(C)C)CC[C@]3(C)[C@H](CC[C@@H]4[C@@]5(C)CC=C(C)C(C)(C)[C@@H]5CC[C@]43C)[C@@H]12. The molecular weight excluding hydrogens is 466 g/mol. The number of nitrogens with one attached hydrogen (secondary N) is 1. The Labute approximate surface area is 234 Å². The molecule has 4 saturated carbocycles.